The normalized spacial score (nSPS) is 10.8. The summed E-state index contributed by atoms with van der Waals surface area (Å²) in [6, 6.07) is 9.75. The summed E-state index contributed by atoms with van der Waals surface area (Å²) in [5.74, 6) is -0.388. The van der Waals surface area contributed by atoms with E-state index in [9.17, 15) is 4.79 Å². The maximum absolute atomic E-state index is 12.2. The number of rotatable bonds is 2. The summed E-state index contributed by atoms with van der Waals surface area (Å²) < 4.78 is 4.94. The summed E-state index contributed by atoms with van der Waals surface area (Å²) >= 11 is 0. The van der Waals surface area contributed by atoms with Gasteiger partial charge in [-0.15, -0.1) is 0 Å². The fourth-order valence-electron chi connectivity index (χ4n) is 2.56. The van der Waals surface area contributed by atoms with E-state index in [1.54, 1.807) is 6.92 Å². The lowest BCUT2D eigenvalue weighted by Gasteiger charge is -2.12. The molecule has 2 heterocycles. The van der Waals surface area contributed by atoms with Crippen molar-refractivity contribution in [1.82, 2.24) is 15.2 Å². The average Bonchev–Trinajstić information content (AvgIpc) is 2.87. The SMILES string of the molecule is COC(=O)c1c(C)nc2n[nH]c(C)c2c1-c1ccccc1. The standard InChI is InChI=1S/C16H15N3O2/c1-9-13(16(20)21-3)14(11-7-5-4-6-8-11)12-10(2)18-19-15(12)17-9/h4-8H,1-3H3,(H,17,18,19). The molecule has 0 unspecified atom stereocenters. The minimum absolute atomic E-state index is 0.388. The van der Waals surface area contributed by atoms with Gasteiger partial charge in [0.15, 0.2) is 5.65 Å². The predicted octanol–water partition coefficient (Wildman–Crippen LogP) is 3.03. The van der Waals surface area contributed by atoms with Crippen molar-refractivity contribution in [3.63, 3.8) is 0 Å². The van der Waals surface area contributed by atoms with Crippen LogP contribution in [-0.2, 0) is 4.74 Å². The van der Waals surface area contributed by atoms with E-state index >= 15 is 0 Å². The predicted molar refractivity (Wildman–Crippen MR) is 80.1 cm³/mol. The van der Waals surface area contributed by atoms with Gasteiger partial charge >= 0.3 is 5.97 Å². The number of aryl methyl sites for hydroxylation is 2. The van der Waals surface area contributed by atoms with Crippen molar-refractivity contribution in [3.8, 4) is 11.1 Å². The van der Waals surface area contributed by atoms with E-state index in [0.717, 1.165) is 22.2 Å². The first-order chi connectivity index (χ1) is 10.1. The lowest BCUT2D eigenvalue weighted by atomic mass is 9.95. The van der Waals surface area contributed by atoms with Crippen LogP contribution in [0.4, 0.5) is 0 Å². The second kappa shape index (κ2) is 5.01. The van der Waals surface area contributed by atoms with Crippen LogP contribution in [0, 0.1) is 13.8 Å². The van der Waals surface area contributed by atoms with E-state index in [1.165, 1.54) is 7.11 Å². The zero-order chi connectivity index (χ0) is 15.0. The minimum atomic E-state index is -0.388. The molecule has 0 amide bonds. The average molecular weight is 281 g/mol. The van der Waals surface area contributed by atoms with Gasteiger partial charge in [0.05, 0.1) is 23.8 Å². The number of nitrogens with zero attached hydrogens (tertiary/aromatic N) is 2. The Hall–Kier alpha value is -2.69. The Morgan fingerprint density at radius 3 is 2.57 bits per heavy atom. The van der Waals surface area contributed by atoms with Crippen molar-refractivity contribution in [2.45, 2.75) is 13.8 Å². The number of ether oxygens (including phenoxy) is 1. The van der Waals surface area contributed by atoms with E-state index < -0.39 is 0 Å². The highest BCUT2D eigenvalue weighted by Crippen LogP contribution is 2.34. The van der Waals surface area contributed by atoms with Gasteiger partial charge in [0, 0.05) is 11.3 Å². The molecule has 0 spiro atoms. The number of hydrogen-bond donors (Lipinski definition) is 1. The Morgan fingerprint density at radius 2 is 1.90 bits per heavy atom. The van der Waals surface area contributed by atoms with E-state index in [0.29, 0.717) is 16.9 Å². The van der Waals surface area contributed by atoms with Gasteiger partial charge in [0.2, 0.25) is 0 Å². The van der Waals surface area contributed by atoms with Crippen molar-refractivity contribution in [3.05, 3.63) is 47.3 Å². The van der Waals surface area contributed by atoms with Crippen LogP contribution in [0.1, 0.15) is 21.7 Å². The molecule has 0 bridgehead atoms. The Bertz CT molecular complexity index is 822. The molecule has 0 saturated heterocycles. The third-order valence-electron chi connectivity index (χ3n) is 3.52. The van der Waals surface area contributed by atoms with Gasteiger partial charge in [-0.3, -0.25) is 5.10 Å². The second-order valence-electron chi connectivity index (χ2n) is 4.85. The van der Waals surface area contributed by atoms with Crippen LogP contribution in [0.2, 0.25) is 0 Å². The molecule has 3 aromatic rings. The first kappa shape index (κ1) is 13.3. The molecular formula is C16H15N3O2. The number of hydrogen-bond acceptors (Lipinski definition) is 4. The van der Waals surface area contributed by atoms with Gasteiger partial charge < -0.3 is 4.74 Å². The number of esters is 1. The van der Waals surface area contributed by atoms with Crippen molar-refractivity contribution in [2.75, 3.05) is 7.11 Å². The topological polar surface area (TPSA) is 67.9 Å². The van der Waals surface area contributed by atoms with Crippen LogP contribution in [0.15, 0.2) is 30.3 Å². The van der Waals surface area contributed by atoms with Gasteiger partial charge in [-0.2, -0.15) is 5.10 Å². The minimum Gasteiger partial charge on any atom is -0.465 e. The zero-order valence-electron chi connectivity index (χ0n) is 12.1. The smallest absolute Gasteiger partial charge is 0.340 e. The van der Waals surface area contributed by atoms with Crippen LogP contribution in [0.5, 0.6) is 0 Å². The number of H-pyrrole nitrogens is 1. The monoisotopic (exact) mass is 281 g/mol. The molecule has 0 radical (unpaired) electrons. The quantitative estimate of drug-likeness (QED) is 0.733. The molecular weight excluding hydrogens is 266 g/mol. The number of aromatic nitrogens is 3. The van der Waals surface area contributed by atoms with E-state index in [4.69, 9.17) is 4.74 Å². The van der Waals surface area contributed by atoms with Crippen LogP contribution in [-0.4, -0.2) is 28.3 Å². The van der Waals surface area contributed by atoms with Gasteiger partial charge in [0.1, 0.15) is 0 Å². The molecule has 1 N–H and O–H groups in total. The van der Waals surface area contributed by atoms with Crippen molar-refractivity contribution >= 4 is 17.0 Å². The van der Waals surface area contributed by atoms with Crippen molar-refractivity contribution in [2.24, 2.45) is 0 Å². The van der Waals surface area contributed by atoms with Crippen LogP contribution < -0.4 is 0 Å². The van der Waals surface area contributed by atoms with Gasteiger partial charge in [-0.05, 0) is 19.4 Å². The van der Waals surface area contributed by atoms with E-state index in [2.05, 4.69) is 15.2 Å². The molecule has 0 fully saturated rings. The fourth-order valence-corrected chi connectivity index (χ4v) is 2.56. The molecule has 3 rings (SSSR count). The maximum atomic E-state index is 12.2. The Labute approximate surface area is 122 Å². The molecule has 5 heteroatoms. The van der Waals surface area contributed by atoms with Crippen LogP contribution >= 0.6 is 0 Å². The second-order valence-corrected chi connectivity index (χ2v) is 4.85. The number of carbonyl (C=O) groups is 1. The Kier molecular flexibility index (Phi) is 3.17. The number of pyridine rings is 1. The molecule has 0 saturated carbocycles. The number of nitrogens with one attached hydrogen (secondary N) is 1. The number of carbonyl (C=O) groups excluding carboxylic acids is 1. The third kappa shape index (κ3) is 2.07. The molecule has 2 aromatic heterocycles. The molecule has 0 aliphatic rings. The fraction of sp³-hybridized carbons (Fsp3) is 0.188. The first-order valence-electron chi connectivity index (χ1n) is 6.62. The van der Waals surface area contributed by atoms with Gasteiger partial charge in [-0.25, -0.2) is 9.78 Å². The Morgan fingerprint density at radius 1 is 1.19 bits per heavy atom. The third-order valence-corrected chi connectivity index (χ3v) is 3.52. The van der Waals surface area contributed by atoms with E-state index in [1.807, 2.05) is 37.3 Å². The maximum Gasteiger partial charge on any atom is 0.340 e. The molecule has 21 heavy (non-hydrogen) atoms. The van der Waals surface area contributed by atoms with Crippen LogP contribution in [0.3, 0.4) is 0 Å². The number of methoxy groups -OCH3 is 1. The highest BCUT2D eigenvalue weighted by Gasteiger charge is 2.23. The highest BCUT2D eigenvalue weighted by atomic mass is 16.5. The summed E-state index contributed by atoms with van der Waals surface area (Å²) in [6.45, 7) is 3.71. The van der Waals surface area contributed by atoms with Crippen molar-refractivity contribution in [1.29, 1.82) is 0 Å². The number of benzene rings is 1. The lowest BCUT2D eigenvalue weighted by Crippen LogP contribution is -2.08. The summed E-state index contributed by atoms with van der Waals surface area (Å²) in [6.07, 6.45) is 0. The molecule has 5 nitrogen and oxygen atoms in total. The first-order valence-corrected chi connectivity index (χ1v) is 6.62. The van der Waals surface area contributed by atoms with Gasteiger partial charge in [0.25, 0.3) is 0 Å². The highest BCUT2D eigenvalue weighted by molar-refractivity contribution is 6.07. The molecule has 1 aromatic carbocycles. The summed E-state index contributed by atoms with van der Waals surface area (Å²) in [5.41, 5.74) is 4.34. The summed E-state index contributed by atoms with van der Waals surface area (Å²) in [7, 11) is 1.38. The largest absolute Gasteiger partial charge is 0.465 e. The molecule has 106 valence electrons. The number of fused-ring (bicyclic) bond motifs is 1. The zero-order valence-corrected chi connectivity index (χ0v) is 12.1. The lowest BCUT2D eigenvalue weighted by molar-refractivity contribution is 0.0600. The van der Waals surface area contributed by atoms with E-state index in [-0.39, 0.29) is 5.97 Å². The molecule has 0 aliphatic carbocycles. The van der Waals surface area contributed by atoms with Gasteiger partial charge in [-0.1, -0.05) is 30.3 Å². The van der Waals surface area contributed by atoms with Crippen molar-refractivity contribution < 1.29 is 9.53 Å². The number of aromatic amines is 1. The summed E-state index contributed by atoms with van der Waals surface area (Å²) in [4.78, 5) is 16.6. The molecule has 0 aliphatic heterocycles. The van der Waals surface area contributed by atoms with Crippen LogP contribution in [0.25, 0.3) is 22.2 Å². The Balaban J connectivity index is 2.47. The summed E-state index contributed by atoms with van der Waals surface area (Å²) in [5, 5.41) is 7.99. The molecule has 0 atom stereocenters.